The van der Waals surface area contributed by atoms with Gasteiger partial charge in [-0.25, -0.2) is 4.68 Å². The van der Waals surface area contributed by atoms with Gasteiger partial charge in [0.2, 0.25) is 0 Å². The van der Waals surface area contributed by atoms with Gasteiger partial charge in [-0.2, -0.15) is 5.10 Å². The number of aromatic nitrogens is 2. The molecule has 26 heavy (non-hydrogen) atoms. The Kier molecular flexibility index (Phi) is 3.89. The van der Waals surface area contributed by atoms with Crippen molar-refractivity contribution in [2.45, 2.75) is 6.42 Å². The van der Waals surface area contributed by atoms with Gasteiger partial charge in [0.1, 0.15) is 11.4 Å². The van der Waals surface area contributed by atoms with E-state index >= 15 is 0 Å². The number of benzene rings is 2. The van der Waals surface area contributed by atoms with Crippen LogP contribution in [-0.2, 0) is 6.42 Å². The predicted molar refractivity (Wildman–Crippen MR) is 95.7 cm³/mol. The molecule has 4 rings (SSSR count). The van der Waals surface area contributed by atoms with Crippen LogP contribution in [0.25, 0.3) is 5.69 Å². The summed E-state index contributed by atoms with van der Waals surface area (Å²) in [5, 5.41) is 7.04. The van der Waals surface area contributed by atoms with Crippen LogP contribution in [0.15, 0.2) is 54.7 Å². The standard InChI is InChI=1S/C19H16N4O3/c20-18(24)15-7-9-23(22-15)16-4-2-1-3-14(16)21-19(25)13-5-6-17-12(11-13)8-10-26-17/h1-7,9,11H,8,10H2,(H2,20,24)(H,21,25). The van der Waals surface area contributed by atoms with E-state index in [1.165, 1.54) is 10.7 Å². The SMILES string of the molecule is NC(=O)c1ccn(-c2ccccc2NC(=O)c2ccc3c(c2)CCO3)n1. The molecule has 0 saturated carbocycles. The lowest BCUT2D eigenvalue weighted by atomic mass is 10.1. The molecule has 2 amide bonds. The number of anilines is 1. The van der Waals surface area contributed by atoms with Gasteiger partial charge in [-0.15, -0.1) is 0 Å². The lowest BCUT2D eigenvalue weighted by Crippen LogP contribution is -2.15. The van der Waals surface area contributed by atoms with Crippen molar-refractivity contribution >= 4 is 17.5 Å². The number of nitrogens with zero attached hydrogens (tertiary/aromatic N) is 2. The Morgan fingerprint density at radius 3 is 2.81 bits per heavy atom. The first-order valence-corrected chi connectivity index (χ1v) is 8.14. The van der Waals surface area contributed by atoms with Gasteiger partial charge in [-0.05, 0) is 42.0 Å². The molecule has 0 spiro atoms. The summed E-state index contributed by atoms with van der Waals surface area (Å²) in [5.41, 5.74) is 8.21. The summed E-state index contributed by atoms with van der Waals surface area (Å²) in [6.07, 6.45) is 2.42. The third-order valence-corrected chi connectivity index (χ3v) is 4.19. The van der Waals surface area contributed by atoms with E-state index in [9.17, 15) is 9.59 Å². The van der Waals surface area contributed by atoms with Crippen molar-refractivity contribution in [3.63, 3.8) is 0 Å². The van der Waals surface area contributed by atoms with Gasteiger partial charge in [0.15, 0.2) is 0 Å². The second-order valence-electron chi connectivity index (χ2n) is 5.90. The smallest absolute Gasteiger partial charge is 0.269 e. The molecule has 0 saturated heterocycles. The Bertz CT molecular complexity index is 1010. The maximum atomic E-state index is 12.7. The zero-order chi connectivity index (χ0) is 18.1. The zero-order valence-corrected chi connectivity index (χ0v) is 13.8. The molecule has 1 aliphatic heterocycles. The van der Waals surface area contributed by atoms with E-state index in [1.54, 1.807) is 24.4 Å². The lowest BCUT2D eigenvalue weighted by Gasteiger charge is -2.11. The van der Waals surface area contributed by atoms with Crippen molar-refractivity contribution in [1.82, 2.24) is 9.78 Å². The Morgan fingerprint density at radius 2 is 2.00 bits per heavy atom. The van der Waals surface area contributed by atoms with Crippen LogP contribution in [-0.4, -0.2) is 28.2 Å². The van der Waals surface area contributed by atoms with Crippen molar-refractivity contribution in [2.75, 3.05) is 11.9 Å². The summed E-state index contributed by atoms with van der Waals surface area (Å²) >= 11 is 0. The summed E-state index contributed by atoms with van der Waals surface area (Å²) in [6, 6.07) is 14.1. The fourth-order valence-electron chi connectivity index (χ4n) is 2.89. The second-order valence-corrected chi connectivity index (χ2v) is 5.90. The van der Waals surface area contributed by atoms with E-state index in [-0.39, 0.29) is 11.6 Å². The first kappa shape index (κ1) is 15.9. The molecule has 7 heteroatoms. The summed E-state index contributed by atoms with van der Waals surface area (Å²) < 4.78 is 6.98. The number of nitrogens with two attached hydrogens (primary N) is 1. The van der Waals surface area contributed by atoms with E-state index < -0.39 is 5.91 Å². The molecule has 0 unspecified atom stereocenters. The normalized spacial score (nSPS) is 12.3. The van der Waals surface area contributed by atoms with Crippen molar-refractivity contribution in [3.05, 3.63) is 71.5 Å². The minimum Gasteiger partial charge on any atom is -0.493 e. The van der Waals surface area contributed by atoms with Crippen LogP contribution >= 0.6 is 0 Å². The quantitative estimate of drug-likeness (QED) is 0.755. The van der Waals surface area contributed by atoms with Gasteiger partial charge in [0, 0.05) is 18.2 Å². The highest BCUT2D eigenvalue weighted by Crippen LogP contribution is 2.27. The van der Waals surface area contributed by atoms with Crippen LogP contribution in [0.1, 0.15) is 26.4 Å². The Labute approximate surface area is 149 Å². The van der Waals surface area contributed by atoms with Gasteiger partial charge in [0.05, 0.1) is 18.0 Å². The minimum absolute atomic E-state index is 0.157. The molecule has 3 aromatic rings. The first-order chi connectivity index (χ1) is 12.6. The van der Waals surface area contributed by atoms with Crippen LogP contribution in [0.5, 0.6) is 5.75 Å². The van der Waals surface area contributed by atoms with E-state index in [2.05, 4.69) is 10.4 Å². The molecule has 0 aliphatic carbocycles. The largest absolute Gasteiger partial charge is 0.493 e. The van der Waals surface area contributed by atoms with Crippen molar-refractivity contribution in [2.24, 2.45) is 5.73 Å². The third kappa shape index (κ3) is 2.90. The van der Waals surface area contributed by atoms with Crippen LogP contribution in [0.4, 0.5) is 5.69 Å². The highest BCUT2D eigenvalue weighted by Gasteiger charge is 2.16. The summed E-state index contributed by atoms with van der Waals surface area (Å²) in [5.74, 6) is -0.00229. The molecule has 7 nitrogen and oxygen atoms in total. The number of ether oxygens (including phenoxy) is 1. The third-order valence-electron chi connectivity index (χ3n) is 4.19. The van der Waals surface area contributed by atoms with Gasteiger partial charge in [0.25, 0.3) is 11.8 Å². The van der Waals surface area contributed by atoms with Gasteiger partial charge >= 0.3 is 0 Å². The van der Waals surface area contributed by atoms with Gasteiger partial charge < -0.3 is 15.8 Å². The molecule has 2 aromatic carbocycles. The van der Waals surface area contributed by atoms with Crippen molar-refractivity contribution in [1.29, 1.82) is 0 Å². The highest BCUT2D eigenvalue weighted by molar-refractivity contribution is 6.05. The van der Waals surface area contributed by atoms with E-state index in [0.717, 1.165) is 17.7 Å². The van der Waals surface area contributed by atoms with E-state index in [1.807, 2.05) is 24.3 Å². The molecule has 0 fully saturated rings. The number of hydrogen-bond donors (Lipinski definition) is 2. The molecule has 0 radical (unpaired) electrons. The van der Waals surface area contributed by atoms with Crippen LogP contribution in [0.2, 0.25) is 0 Å². The summed E-state index contributed by atoms with van der Waals surface area (Å²) in [7, 11) is 0. The molecule has 1 aromatic heterocycles. The summed E-state index contributed by atoms with van der Waals surface area (Å²) in [6.45, 7) is 0.644. The number of rotatable bonds is 4. The van der Waals surface area contributed by atoms with Gasteiger partial charge in [-0.3, -0.25) is 9.59 Å². The van der Waals surface area contributed by atoms with E-state index in [4.69, 9.17) is 10.5 Å². The Hall–Kier alpha value is -3.61. The van der Waals surface area contributed by atoms with E-state index in [0.29, 0.717) is 23.5 Å². The average Bonchev–Trinajstić information content (AvgIpc) is 3.31. The van der Waals surface area contributed by atoms with Crippen molar-refractivity contribution < 1.29 is 14.3 Å². The molecule has 1 aliphatic rings. The number of primary amides is 1. The maximum Gasteiger partial charge on any atom is 0.269 e. The molecule has 3 N–H and O–H groups in total. The van der Waals surface area contributed by atoms with Crippen molar-refractivity contribution in [3.8, 4) is 11.4 Å². The monoisotopic (exact) mass is 348 g/mol. The zero-order valence-electron chi connectivity index (χ0n) is 13.8. The molecule has 2 heterocycles. The molecule has 130 valence electrons. The molecule has 0 bridgehead atoms. The fraction of sp³-hybridized carbons (Fsp3) is 0.105. The number of amides is 2. The maximum absolute atomic E-state index is 12.7. The average molecular weight is 348 g/mol. The fourth-order valence-corrected chi connectivity index (χ4v) is 2.89. The molecule has 0 atom stereocenters. The molecular formula is C19H16N4O3. The number of fused-ring (bicyclic) bond motifs is 1. The number of para-hydroxylation sites is 2. The van der Waals surface area contributed by atoms with Crippen LogP contribution in [0.3, 0.4) is 0 Å². The van der Waals surface area contributed by atoms with Crippen LogP contribution < -0.4 is 15.8 Å². The Balaban J connectivity index is 1.62. The second kappa shape index (κ2) is 6.36. The lowest BCUT2D eigenvalue weighted by molar-refractivity contribution is 0.0992. The molecular weight excluding hydrogens is 332 g/mol. The minimum atomic E-state index is -0.606. The van der Waals surface area contributed by atoms with Crippen LogP contribution in [0, 0.1) is 0 Å². The number of carbonyl (C=O) groups is 2. The topological polar surface area (TPSA) is 99.2 Å². The number of carbonyl (C=O) groups excluding carboxylic acids is 2. The summed E-state index contributed by atoms with van der Waals surface area (Å²) in [4.78, 5) is 23.9. The van der Waals surface area contributed by atoms with Gasteiger partial charge in [-0.1, -0.05) is 12.1 Å². The highest BCUT2D eigenvalue weighted by atomic mass is 16.5. The first-order valence-electron chi connectivity index (χ1n) is 8.14. The predicted octanol–water partition coefficient (Wildman–Crippen LogP) is 2.16. The number of nitrogens with one attached hydrogen (secondary N) is 1. The Morgan fingerprint density at radius 1 is 1.15 bits per heavy atom. The number of hydrogen-bond acceptors (Lipinski definition) is 4.